The van der Waals surface area contributed by atoms with Gasteiger partial charge in [-0.1, -0.05) is 18.2 Å². The Morgan fingerprint density at radius 2 is 2.11 bits per heavy atom. The lowest BCUT2D eigenvalue weighted by molar-refractivity contribution is -0.913. The van der Waals surface area contributed by atoms with Gasteiger partial charge in [0.05, 0.1) is 32.7 Å². The third-order valence-electron chi connectivity index (χ3n) is 5.77. The maximum absolute atomic E-state index is 13.1. The Hall–Kier alpha value is -2.99. The molecule has 2 aliphatic heterocycles. The first-order chi connectivity index (χ1) is 13.7. The number of carbonyl (C=O) groups excluding carboxylic acids is 1. The number of ether oxygens (including phenoxy) is 3. The van der Waals surface area contributed by atoms with Gasteiger partial charge >= 0.3 is 0 Å². The number of methoxy groups -OCH3 is 1. The Morgan fingerprint density at radius 3 is 2.93 bits per heavy atom. The monoisotopic (exact) mass is 380 g/mol. The lowest BCUT2D eigenvalue weighted by Crippen LogP contribution is -3.10. The molecule has 3 heterocycles. The molecule has 0 fully saturated rings. The Morgan fingerprint density at radius 1 is 1.25 bits per heavy atom. The Labute approximate surface area is 162 Å². The highest BCUT2D eigenvalue weighted by atomic mass is 16.7. The summed E-state index contributed by atoms with van der Waals surface area (Å²) in [4.78, 5) is 14.3. The average Bonchev–Trinajstić information content (AvgIpc) is 3.34. The van der Waals surface area contributed by atoms with E-state index >= 15 is 0 Å². The molecule has 0 radical (unpaired) electrons. The number of Topliss-reactive ketones (excluding diaryl/α,β-unsaturated/α-hetero) is 1. The Kier molecular flexibility index (Phi) is 4.02. The second-order valence-corrected chi connectivity index (χ2v) is 7.39. The van der Waals surface area contributed by atoms with E-state index in [-0.39, 0.29) is 18.6 Å². The number of carbonyl (C=O) groups is 1. The number of para-hydroxylation sites is 1. The molecule has 3 aromatic rings. The van der Waals surface area contributed by atoms with Crippen molar-refractivity contribution in [1.82, 2.24) is 0 Å². The second kappa shape index (κ2) is 6.56. The highest BCUT2D eigenvalue weighted by Gasteiger charge is 2.38. The van der Waals surface area contributed by atoms with Crippen molar-refractivity contribution >= 4 is 16.8 Å². The van der Waals surface area contributed by atoms with Gasteiger partial charge in [-0.25, -0.2) is 0 Å². The first-order valence-electron chi connectivity index (χ1n) is 9.49. The van der Waals surface area contributed by atoms with Crippen LogP contribution in [0.1, 0.15) is 34.1 Å². The molecular weight excluding hydrogens is 358 g/mol. The van der Waals surface area contributed by atoms with Crippen LogP contribution in [0, 0.1) is 0 Å². The number of furan rings is 1. The van der Waals surface area contributed by atoms with Crippen LogP contribution < -0.4 is 19.1 Å². The fourth-order valence-electron chi connectivity index (χ4n) is 4.30. The summed E-state index contributed by atoms with van der Waals surface area (Å²) >= 11 is 0. The van der Waals surface area contributed by atoms with Gasteiger partial charge in [0.25, 0.3) is 0 Å². The molecule has 144 valence electrons. The van der Waals surface area contributed by atoms with Crippen LogP contribution in [0.15, 0.2) is 40.8 Å². The summed E-state index contributed by atoms with van der Waals surface area (Å²) < 4.78 is 22.7. The minimum Gasteiger partial charge on any atom is -0.492 e. The molecule has 0 saturated heterocycles. The van der Waals surface area contributed by atoms with E-state index < -0.39 is 0 Å². The zero-order valence-corrected chi connectivity index (χ0v) is 15.9. The van der Waals surface area contributed by atoms with Crippen molar-refractivity contribution in [2.45, 2.75) is 18.9 Å². The molecule has 6 nitrogen and oxygen atoms in total. The van der Waals surface area contributed by atoms with Gasteiger partial charge in [-0.15, -0.1) is 0 Å². The van der Waals surface area contributed by atoms with Crippen LogP contribution in [0.2, 0.25) is 0 Å². The summed E-state index contributed by atoms with van der Waals surface area (Å²) in [5, 5.41) is 0.941. The van der Waals surface area contributed by atoms with Crippen LogP contribution in [0.5, 0.6) is 17.2 Å². The summed E-state index contributed by atoms with van der Waals surface area (Å²) in [6, 6.07) is 11.5. The van der Waals surface area contributed by atoms with Crippen molar-refractivity contribution < 1.29 is 28.3 Å². The predicted octanol–water partition coefficient (Wildman–Crippen LogP) is 2.56. The number of hydrogen-bond donors (Lipinski definition) is 1. The van der Waals surface area contributed by atoms with E-state index in [1.54, 1.807) is 7.11 Å². The van der Waals surface area contributed by atoms with E-state index in [2.05, 4.69) is 7.05 Å². The van der Waals surface area contributed by atoms with Crippen LogP contribution in [0.3, 0.4) is 0 Å². The summed E-state index contributed by atoms with van der Waals surface area (Å²) in [7, 11) is 3.75. The molecule has 1 N–H and O–H groups in total. The predicted molar refractivity (Wildman–Crippen MR) is 102 cm³/mol. The van der Waals surface area contributed by atoms with Crippen LogP contribution in [0.25, 0.3) is 11.0 Å². The molecule has 0 saturated carbocycles. The van der Waals surface area contributed by atoms with Gasteiger partial charge in [-0.05, 0) is 23.8 Å². The topological polar surface area (TPSA) is 62.3 Å². The lowest BCUT2D eigenvalue weighted by atomic mass is 9.88. The molecule has 28 heavy (non-hydrogen) atoms. The molecule has 2 aliphatic rings. The van der Waals surface area contributed by atoms with Crippen molar-refractivity contribution in [1.29, 1.82) is 0 Å². The molecule has 0 aliphatic carbocycles. The molecule has 6 heteroatoms. The van der Waals surface area contributed by atoms with Gasteiger partial charge in [-0.3, -0.25) is 4.79 Å². The lowest BCUT2D eigenvalue weighted by Gasteiger charge is -2.32. The third kappa shape index (κ3) is 2.64. The maximum Gasteiger partial charge on any atom is 0.231 e. The number of rotatable bonds is 4. The van der Waals surface area contributed by atoms with Gasteiger partial charge in [0.1, 0.15) is 11.6 Å². The second-order valence-electron chi connectivity index (χ2n) is 7.39. The number of ketones is 1. The number of nitrogens with one attached hydrogen (secondary N) is 1. The first-order valence-corrected chi connectivity index (χ1v) is 9.49. The van der Waals surface area contributed by atoms with Crippen LogP contribution >= 0.6 is 0 Å². The maximum atomic E-state index is 13.1. The van der Waals surface area contributed by atoms with Gasteiger partial charge in [0, 0.05) is 11.8 Å². The SMILES string of the molecule is COc1c2c(cc3c1[C@@H](CC(=O)c1cc4ccccc4o1)[NH+](C)CC3)OCO2. The molecule has 2 aromatic carbocycles. The number of benzene rings is 2. The van der Waals surface area contributed by atoms with E-state index in [9.17, 15) is 4.79 Å². The molecule has 5 rings (SSSR count). The van der Waals surface area contributed by atoms with Gasteiger partial charge < -0.3 is 23.5 Å². The normalized spacial score (nSPS) is 20.2. The summed E-state index contributed by atoms with van der Waals surface area (Å²) in [5.74, 6) is 2.44. The fourth-order valence-corrected chi connectivity index (χ4v) is 4.30. The van der Waals surface area contributed by atoms with Crippen molar-refractivity contribution in [3.05, 3.63) is 53.3 Å². The van der Waals surface area contributed by atoms with Crippen molar-refractivity contribution in [3.8, 4) is 17.2 Å². The first kappa shape index (κ1) is 17.1. The summed E-state index contributed by atoms with van der Waals surface area (Å²) in [5.41, 5.74) is 2.94. The third-order valence-corrected chi connectivity index (χ3v) is 5.77. The standard InChI is InChI=1S/C22H21NO5/c1-23-8-7-14-10-19-21(27-12-26-19)22(25-2)20(14)15(23)11-16(24)18-9-13-5-3-4-6-17(13)28-18/h3-6,9-10,15H,7-8,11-12H2,1-2H3/p+1/t15-/m1/s1. The Bertz CT molecular complexity index is 1040. The minimum atomic E-state index is -0.0334. The number of likely N-dealkylation sites (N-methyl/N-ethyl adjacent to an activating group) is 1. The van der Waals surface area contributed by atoms with Crippen molar-refractivity contribution in [2.24, 2.45) is 0 Å². The van der Waals surface area contributed by atoms with Crippen LogP contribution in [-0.2, 0) is 6.42 Å². The average molecular weight is 380 g/mol. The largest absolute Gasteiger partial charge is 0.492 e. The van der Waals surface area contributed by atoms with Crippen LogP contribution in [-0.4, -0.2) is 33.3 Å². The van der Waals surface area contributed by atoms with E-state index in [0.717, 1.165) is 40.8 Å². The molecule has 1 unspecified atom stereocenters. The molecule has 0 spiro atoms. The Balaban J connectivity index is 1.53. The zero-order valence-electron chi connectivity index (χ0n) is 15.9. The summed E-state index contributed by atoms with van der Waals surface area (Å²) in [6.07, 6.45) is 1.25. The number of fused-ring (bicyclic) bond motifs is 3. The van der Waals surface area contributed by atoms with Gasteiger partial charge in [-0.2, -0.15) is 0 Å². The van der Waals surface area contributed by atoms with Crippen molar-refractivity contribution in [3.63, 3.8) is 0 Å². The number of quaternary nitrogens is 1. The zero-order chi connectivity index (χ0) is 19.3. The smallest absolute Gasteiger partial charge is 0.231 e. The van der Waals surface area contributed by atoms with E-state index in [4.69, 9.17) is 18.6 Å². The molecule has 1 aromatic heterocycles. The fraction of sp³-hybridized carbons (Fsp3) is 0.318. The van der Waals surface area contributed by atoms with E-state index in [0.29, 0.717) is 23.7 Å². The van der Waals surface area contributed by atoms with Crippen LogP contribution in [0.4, 0.5) is 0 Å². The van der Waals surface area contributed by atoms with E-state index in [1.165, 1.54) is 4.90 Å². The molecule has 2 atom stereocenters. The molecule has 0 bridgehead atoms. The molecule has 0 amide bonds. The van der Waals surface area contributed by atoms with E-state index in [1.807, 2.05) is 36.4 Å². The number of hydrogen-bond acceptors (Lipinski definition) is 5. The quantitative estimate of drug-likeness (QED) is 0.705. The van der Waals surface area contributed by atoms with Crippen molar-refractivity contribution in [2.75, 3.05) is 27.5 Å². The highest BCUT2D eigenvalue weighted by molar-refractivity contribution is 5.98. The molecular formula is C22H22NO5+. The minimum absolute atomic E-state index is 0.00637. The summed E-state index contributed by atoms with van der Waals surface area (Å²) in [6.45, 7) is 1.13. The van der Waals surface area contributed by atoms with Gasteiger partial charge in [0.2, 0.25) is 18.3 Å². The highest BCUT2D eigenvalue weighted by Crippen LogP contribution is 2.48. The van der Waals surface area contributed by atoms with Gasteiger partial charge in [0.15, 0.2) is 17.3 Å².